The van der Waals surface area contributed by atoms with Crippen LogP contribution in [0.3, 0.4) is 0 Å². The fourth-order valence-electron chi connectivity index (χ4n) is 3.71. The lowest BCUT2D eigenvalue weighted by Gasteiger charge is -2.22. The fourth-order valence-corrected chi connectivity index (χ4v) is 3.88. The molecule has 1 aliphatic rings. The molecule has 0 saturated carbocycles. The van der Waals surface area contributed by atoms with Crippen molar-refractivity contribution in [1.82, 2.24) is 4.90 Å². The van der Waals surface area contributed by atoms with Crippen LogP contribution in [0.1, 0.15) is 27.7 Å². The van der Waals surface area contributed by atoms with Crippen molar-refractivity contribution >= 4 is 28.5 Å². The zero-order valence-electron chi connectivity index (χ0n) is 16.2. The number of amides is 1. The predicted octanol–water partition coefficient (Wildman–Crippen LogP) is 3.65. The molecular formula is C21H18ClNO6. The second-order valence-corrected chi connectivity index (χ2v) is 7.03. The highest BCUT2D eigenvalue weighted by Gasteiger charge is 2.41. The van der Waals surface area contributed by atoms with E-state index in [2.05, 4.69) is 0 Å². The minimum absolute atomic E-state index is 0.0195. The van der Waals surface area contributed by atoms with Crippen molar-refractivity contribution in [3.63, 3.8) is 0 Å². The SMILES string of the molecule is COc1cc([C@@H]2c3c(oc4ccc(Cl)cc4c3=O)C(=O)N2C)cc(OC)c1OC. The minimum atomic E-state index is -0.675. The van der Waals surface area contributed by atoms with Gasteiger partial charge in [0.05, 0.1) is 38.3 Å². The molecule has 3 aromatic rings. The van der Waals surface area contributed by atoms with Crippen LogP contribution in [0.4, 0.5) is 0 Å². The molecule has 2 heterocycles. The van der Waals surface area contributed by atoms with E-state index >= 15 is 0 Å². The molecule has 7 nitrogen and oxygen atoms in total. The van der Waals surface area contributed by atoms with Gasteiger partial charge in [-0.2, -0.15) is 0 Å². The summed E-state index contributed by atoms with van der Waals surface area (Å²) in [6.45, 7) is 0. The zero-order chi connectivity index (χ0) is 20.9. The second kappa shape index (κ2) is 7.00. The number of benzene rings is 2. The molecule has 150 valence electrons. The van der Waals surface area contributed by atoms with E-state index in [-0.39, 0.29) is 22.7 Å². The van der Waals surface area contributed by atoms with E-state index in [1.165, 1.54) is 32.3 Å². The van der Waals surface area contributed by atoms with Crippen molar-refractivity contribution in [3.05, 3.63) is 62.5 Å². The Bertz CT molecular complexity index is 1180. The second-order valence-electron chi connectivity index (χ2n) is 6.59. The van der Waals surface area contributed by atoms with Gasteiger partial charge in [-0.3, -0.25) is 9.59 Å². The smallest absolute Gasteiger partial charge is 0.290 e. The normalized spacial score (nSPS) is 15.6. The maximum atomic E-state index is 13.3. The first kappa shape index (κ1) is 19.1. The number of fused-ring (bicyclic) bond motifs is 2. The van der Waals surface area contributed by atoms with Crippen molar-refractivity contribution in [3.8, 4) is 17.2 Å². The maximum Gasteiger partial charge on any atom is 0.290 e. The topological polar surface area (TPSA) is 78.2 Å². The molecule has 0 spiro atoms. The number of carbonyl (C=O) groups excluding carboxylic acids is 1. The molecule has 1 amide bonds. The van der Waals surface area contributed by atoms with Gasteiger partial charge in [0.2, 0.25) is 11.5 Å². The van der Waals surface area contributed by atoms with Crippen molar-refractivity contribution in [2.75, 3.05) is 28.4 Å². The number of nitrogens with zero attached hydrogens (tertiary/aromatic N) is 1. The standard InChI is InChI=1S/C21H18ClNO6/c1-23-17(10-7-14(26-2)19(28-4)15(8-10)27-3)16-18(24)12-9-11(22)5-6-13(12)29-20(16)21(23)25/h5-9,17H,1-4H3/t17-/m1/s1. The third-order valence-electron chi connectivity index (χ3n) is 5.07. The van der Waals surface area contributed by atoms with Gasteiger partial charge < -0.3 is 23.5 Å². The van der Waals surface area contributed by atoms with Crippen molar-refractivity contribution in [2.45, 2.75) is 6.04 Å². The molecule has 1 atom stereocenters. The Morgan fingerprint density at radius 3 is 2.24 bits per heavy atom. The first-order valence-electron chi connectivity index (χ1n) is 8.74. The van der Waals surface area contributed by atoms with E-state index < -0.39 is 6.04 Å². The molecule has 0 fully saturated rings. The van der Waals surface area contributed by atoms with Crippen molar-refractivity contribution < 1.29 is 23.4 Å². The van der Waals surface area contributed by atoms with E-state index in [4.69, 9.17) is 30.2 Å². The summed E-state index contributed by atoms with van der Waals surface area (Å²) in [5.41, 5.74) is 0.884. The van der Waals surface area contributed by atoms with E-state index in [9.17, 15) is 9.59 Å². The minimum Gasteiger partial charge on any atom is -0.493 e. The summed E-state index contributed by atoms with van der Waals surface area (Å²) in [6.07, 6.45) is 0. The summed E-state index contributed by atoms with van der Waals surface area (Å²) in [5, 5.41) is 0.726. The number of halogens is 1. The van der Waals surface area contributed by atoms with Gasteiger partial charge in [0.15, 0.2) is 16.9 Å². The molecule has 0 aliphatic carbocycles. The summed E-state index contributed by atoms with van der Waals surface area (Å²) < 4.78 is 22.0. The number of ether oxygens (including phenoxy) is 3. The van der Waals surface area contributed by atoms with E-state index in [0.29, 0.717) is 38.8 Å². The molecule has 29 heavy (non-hydrogen) atoms. The predicted molar refractivity (Wildman–Crippen MR) is 108 cm³/mol. The summed E-state index contributed by atoms with van der Waals surface area (Å²) >= 11 is 6.06. The van der Waals surface area contributed by atoms with Gasteiger partial charge in [-0.15, -0.1) is 0 Å². The lowest BCUT2D eigenvalue weighted by atomic mass is 9.98. The Balaban J connectivity index is 2.01. The van der Waals surface area contributed by atoms with Gasteiger partial charge in [0, 0.05) is 12.1 Å². The number of carbonyl (C=O) groups is 1. The summed E-state index contributed by atoms with van der Waals surface area (Å²) in [4.78, 5) is 27.6. The highest BCUT2D eigenvalue weighted by Crippen LogP contribution is 2.44. The highest BCUT2D eigenvalue weighted by atomic mass is 35.5. The number of rotatable bonds is 4. The van der Waals surface area contributed by atoms with Crippen LogP contribution in [0, 0.1) is 0 Å². The average Bonchev–Trinajstić information content (AvgIpc) is 2.98. The number of hydrogen-bond donors (Lipinski definition) is 0. The largest absolute Gasteiger partial charge is 0.493 e. The molecule has 0 unspecified atom stereocenters. The quantitative estimate of drug-likeness (QED) is 0.647. The molecule has 1 aliphatic heterocycles. The molecule has 0 saturated heterocycles. The highest BCUT2D eigenvalue weighted by molar-refractivity contribution is 6.31. The van der Waals surface area contributed by atoms with E-state index in [1.54, 1.807) is 31.3 Å². The van der Waals surface area contributed by atoms with E-state index in [1.807, 2.05) is 0 Å². The van der Waals surface area contributed by atoms with Crippen LogP contribution in [0.15, 0.2) is 39.5 Å². The molecule has 0 radical (unpaired) electrons. The third kappa shape index (κ3) is 2.81. The van der Waals surface area contributed by atoms with Crippen LogP contribution < -0.4 is 19.6 Å². The fraction of sp³-hybridized carbons (Fsp3) is 0.238. The summed E-state index contributed by atoms with van der Waals surface area (Å²) in [6, 6.07) is 7.49. The van der Waals surface area contributed by atoms with Gasteiger partial charge in [-0.25, -0.2) is 0 Å². The van der Waals surface area contributed by atoms with E-state index in [0.717, 1.165) is 0 Å². The lowest BCUT2D eigenvalue weighted by molar-refractivity contribution is 0.0771. The summed E-state index contributed by atoms with van der Waals surface area (Å²) in [5.74, 6) is 0.899. The van der Waals surface area contributed by atoms with Crippen molar-refractivity contribution in [2.24, 2.45) is 0 Å². The van der Waals surface area contributed by atoms with Crippen LogP contribution in [-0.2, 0) is 0 Å². The molecule has 2 aromatic carbocycles. The van der Waals surface area contributed by atoms with Crippen LogP contribution in [0.5, 0.6) is 17.2 Å². The number of hydrogen-bond acceptors (Lipinski definition) is 6. The van der Waals surface area contributed by atoms with Gasteiger partial charge in [-0.05, 0) is 35.9 Å². The molecule has 0 bridgehead atoms. The van der Waals surface area contributed by atoms with Crippen LogP contribution in [0.25, 0.3) is 11.0 Å². The van der Waals surface area contributed by atoms with Crippen LogP contribution in [-0.4, -0.2) is 39.2 Å². The Hall–Kier alpha value is -3.19. The van der Waals surface area contributed by atoms with Crippen LogP contribution >= 0.6 is 11.6 Å². The molecule has 8 heteroatoms. The third-order valence-corrected chi connectivity index (χ3v) is 5.30. The lowest BCUT2D eigenvalue weighted by Crippen LogP contribution is -2.25. The molecule has 4 rings (SSSR count). The molecular weight excluding hydrogens is 398 g/mol. The Labute approximate surface area is 171 Å². The van der Waals surface area contributed by atoms with Gasteiger partial charge >= 0.3 is 0 Å². The van der Waals surface area contributed by atoms with Gasteiger partial charge in [0.25, 0.3) is 5.91 Å². The van der Waals surface area contributed by atoms with Gasteiger partial charge in [0.1, 0.15) is 5.58 Å². The summed E-state index contributed by atoms with van der Waals surface area (Å²) in [7, 11) is 6.12. The zero-order valence-corrected chi connectivity index (χ0v) is 17.0. The Morgan fingerprint density at radius 1 is 1.00 bits per heavy atom. The van der Waals surface area contributed by atoms with Crippen molar-refractivity contribution in [1.29, 1.82) is 0 Å². The Morgan fingerprint density at radius 2 is 1.66 bits per heavy atom. The maximum absolute atomic E-state index is 13.3. The number of methoxy groups -OCH3 is 3. The first-order chi connectivity index (χ1) is 13.9. The molecule has 0 N–H and O–H groups in total. The monoisotopic (exact) mass is 415 g/mol. The first-order valence-corrected chi connectivity index (χ1v) is 9.12. The Kier molecular flexibility index (Phi) is 4.62. The average molecular weight is 416 g/mol. The molecule has 1 aromatic heterocycles. The van der Waals surface area contributed by atoms with Crippen LogP contribution in [0.2, 0.25) is 5.02 Å². The van der Waals surface area contributed by atoms with Gasteiger partial charge in [-0.1, -0.05) is 11.6 Å².